The Morgan fingerprint density at radius 1 is 0.929 bits per heavy atom. The Morgan fingerprint density at radius 2 is 1.61 bits per heavy atom. The number of aryl methyl sites for hydroxylation is 1. The molecule has 3 aromatic rings. The van der Waals surface area contributed by atoms with Gasteiger partial charge in [0, 0.05) is 12.2 Å². The lowest BCUT2D eigenvalue weighted by atomic mass is 10.1. The van der Waals surface area contributed by atoms with Crippen molar-refractivity contribution in [3.8, 4) is 5.75 Å². The summed E-state index contributed by atoms with van der Waals surface area (Å²) < 4.78 is 5.18. The summed E-state index contributed by atoms with van der Waals surface area (Å²) in [6.07, 6.45) is 5.01. The van der Waals surface area contributed by atoms with Gasteiger partial charge in [-0.25, -0.2) is 9.97 Å². The molecule has 28 heavy (non-hydrogen) atoms. The third-order valence-electron chi connectivity index (χ3n) is 4.54. The van der Waals surface area contributed by atoms with E-state index in [0.29, 0.717) is 23.9 Å². The van der Waals surface area contributed by atoms with Crippen molar-refractivity contribution in [2.24, 2.45) is 0 Å². The van der Waals surface area contributed by atoms with Gasteiger partial charge in [0.05, 0.1) is 7.11 Å². The number of aromatic nitrogens is 2. The van der Waals surface area contributed by atoms with Crippen LogP contribution in [0.25, 0.3) is 0 Å². The number of hydrogen-bond acceptors (Lipinski definition) is 6. The number of benzene rings is 2. The molecule has 0 unspecified atom stereocenters. The lowest BCUT2D eigenvalue weighted by Crippen LogP contribution is -2.08. The molecule has 0 aliphatic rings. The zero-order valence-electron chi connectivity index (χ0n) is 16.4. The maximum Gasteiger partial charge on any atom is 0.159 e. The number of unbranched alkanes of at least 4 members (excludes halogenated alkanes) is 1. The van der Waals surface area contributed by atoms with Crippen molar-refractivity contribution >= 4 is 23.0 Å². The average molecular weight is 377 g/mol. The summed E-state index contributed by atoms with van der Waals surface area (Å²) in [5, 5.41) is 6.54. The Bertz CT molecular complexity index is 878. The fourth-order valence-corrected chi connectivity index (χ4v) is 2.84. The monoisotopic (exact) mass is 377 g/mol. The highest BCUT2D eigenvalue weighted by Crippen LogP contribution is 2.26. The largest absolute Gasteiger partial charge is 0.497 e. The van der Waals surface area contributed by atoms with Crippen LogP contribution in [0.1, 0.15) is 30.9 Å². The maximum atomic E-state index is 6.27. The minimum absolute atomic E-state index is 0.492. The standard InChI is InChI=1S/C22H27N5O/c1-3-4-5-16-6-10-18(11-7-16)27-22-20(23)21(25-15-26-22)24-14-17-8-12-19(28-2)13-9-17/h6-13,15H,3-5,14,23H2,1-2H3,(H2,24,25,26,27). The fourth-order valence-electron chi connectivity index (χ4n) is 2.84. The highest BCUT2D eigenvalue weighted by molar-refractivity contribution is 5.77. The molecule has 0 saturated heterocycles. The van der Waals surface area contributed by atoms with Gasteiger partial charge < -0.3 is 21.1 Å². The zero-order chi connectivity index (χ0) is 19.8. The van der Waals surface area contributed by atoms with Crippen molar-refractivity contribution in [1.29, 1.82) is 0 Å². The molecule has 0 bridgehead atoms. The number of nitrogen functional groups attached to an aromatic ring is 1. The Balaban J connectivity index is 1.64. The number of ether oxygens (including phenoxy) is 1. The number of nitrogens with two attached hydrogens (primary N) is 1. The summed E-state index contributed by atoms with van der Waals surface area (Å²) in [6, 6.07) is 16.2. The molecular formula is C22H27N5O. The Hall–Kier alpha value is -3.28. The average Bonchev–Trinajstić information content (AvgIpc) is 2.74. The molecule has 0 aliphatic heterocycles. The van der Waals surface area contributed by atoms with Crippen molar-refractivity contribution < 1.29 is 4.74 Å². The van der Waals surface area contributed by atoms with Crippen LogP contribution < -0.4 is 21.1 Å². The van der Waals surface area contributed by atoms with Crippen LogP contribution in [-0.4, -0.2) is 17.1 Å². The molecule has 0 amide bonds. The topological polar surface area (TPSA) is 85.1 Å². The summed E-state index contributed by atoms with van der Waals surface area (Å²) in [4.78, 5) is 8.55. The first-order chi connectivity index (χ1) is 13.7. The van der Waals surface area contributed by atoms with Crippen LogP contribution in [0.3, 0.4) is 0 Å². The number of nitrogens with zero attached hydrogens (tertiary/aromatic N) is 2. The van der Waals surface area contributed by atoms with Gasteiger partial charge in [-0.3, -0.25) is 0 Å². The molecule has 0 aliphatic carbocycles. The highest BCUT2D eigenvalue weighted by atomic mass is 16.5. The first-order valence-corrected chi connectivity index (χ1v) is 9.53. The predicted octanol–water partition coefficient (Wildman–Crippen LogP) is 4.77. The van der Waals surface area contributed by atoms with Gasteiger partial charge in [0.15, 0.2) is 11.6 Å². The van der Waals surface area contributed by atoms with Gasteiger partial charge in [-0.1, -0.05) is 37.6 Å². The van der Waals surface area contributed by atoms with E-state index >= 15 is 0 Å². The molecule has 0 fully saturated rings. The van der Waals surface area contributed by atoms with Gasteiger partial charge in [-0.15, -0.1) is 0 Å². The minimum Gasteiger partial charge on any atom is -0.497 e. The van der Waals surface area contributed by atoms with Crippen LogP contribution in [0.2, 0.25) is 0 Å². The molecule has 4 N–H and O–H groups in total. The number of methoxy groups -OCH3 is 1. The summed E-state index contributed by atoms with van der Waals surface area (Å²) in [5.41, 5.74) is 10.2. The van der Waals surface area contributed by atoms with Crippen molar-refractivity contribution in [2.75, 3.05) is 23.5 Å². The van der Waals surface area contributed by atoms with E-state index in [-0.39, 0.29) is 0 Å². The van der Waals surface area contributed by atoms with E-state index < -0.39 is 0 Å². The predicted molar refractivity (Wildman–Crippen MR) is 115 cm³/mol. The molecule has 2 aromatic carbocycles. The van der Waals surface area contributed by atoms with Crippen LogP contribution in [-0.2, 0) is 13.0 Å². The van der Waals surface area contributed by atoms with Gasteiger partial charge >= 0.3 is 0 Å². The maximum absolute atomic E-state index is 6.27. The van der Waals surface area contributed by atoms with Crippen LogP contribution in [0.5, 0.6) is 5.75 Å². The van der Waals surface area contributed by atoms with Crippen LogP contribution in [0.4, 0.5) is 23.0 Å². The van der Waals surface area contributed by atoms with E-state index in [0.717, 1.165) is 23.4 Å². The van der Waals surface area contributed by atoms with E-state index in [4.69, 9.17) is 10.5 Å². The van der Waals surface area contributed by atoms with Gasteiger partial charge in [0.1, 0.15) is 17.8 Å². The molecule has 3 rings (SSSR count). The van der Waals surface area contributed by atoms with E-state index in [1.165, 1.54) is 24.7 Å². The second-order valence-electron chi connectivity index (χ2n) is 6.61. The Labute approximate surface area is 166 Å². The van der Waals surface area contributed by atoms with Gasteiger partial charge in [0.2, 0.25) is 0 Å². The summed E-state index contributed by atoms with van der Waals surface area (Å²) in [7, 11) is 1.65. The van der Waals surface area contributed by atoms with Crippen molar-refractivity contribution in [2.45, 2.75) is 32.7 Å². The first-order valence-electron chi connectivity index (χ1n) is 9.53. The van der Waals surface area contributed by atoms with Gasteiger partial charge in [0.25, 0.3) is 0 Å². The highest BCUT2D eigenvalue weighted by Gasteiger charge is 2.08. The third-order valence-corrected chi connectivity index (χ3v) is 4.54. The third kappa shape index (κ3) is 5.13. The molecule has 1 heterocycles. The lowest BCUT2D eigenvalue weighted by molar-refractivity contribution is 0.414. The Kier molecular flexibility index (Phi) is 6.68. The van der Waals surface area contributed by atoms with E-state index in [9.17, 15) is 0 Å². The van der Waals surface area contributed by atoms with Crippen LogP contribution >= 0.6 is 0 Å². The number of hydrogen-bond donors (Lipinski definition) is 3. The Morgan fingerprint density at radius 3 is 2.29 bits per heavy atom. The van der Waals surface area contributed by atoms with Crippen LogP contribution in [0, 0.1) is 0 Å². The molecule has 6 nitrogen and oxygen atoms in total. The molecule has 0 atom stereocenters. The van der Waals surface area contributed by atoms with Crippen molar-refractivity contribution in [3.05, 3.63) is 66.0 Å². The lowest BCUT2D eigenvalue weighted by Gasteiger charge is -2.13. The number of rotatable bonds is 9. The molecule has 0 saturated carbocycles. The first kappa shape index (κ1) is 19.5. The second kappa shape index (κ2) is 9.60. The van der Waals surface area contributed by atoms with E-state index in [1.807, 2.05) is 24.3 Å². The van der Waals surface area contributed by atoms with Gasteiger partial charge in [-0.2, -0.15) is 0 Å². The normalized spacial score (nSPS) is 10.5. The second-order valence-corrected chi connectivity index (χ2v) is 6.61. The zero-order valence-corrected chi connectivity index (χ0v) is 16.4. The number of anilines is 4. The molecule has 146 valence electrons. The molecular weight excluding hydrogens is 350 g/mol. The molecule has 0 spiro atoms. The number of nitrogens with one attached hydrogen (secondary N) is 2. The molecule has 6 heteroatoms. The summed E-state index contributed by atoms with van der Waals surface area (Å²) >= 11 is 0. The smallest absolute Gasteiger partial charge is 0.159 e. The van der Waals surface area contributed by atoms with E-state index in [2.05, 4.69) is 51.8 Å². The van der Waals surface area contributed by atoms with Crippen molar-refractivity contribution in [3.63, 3.8) is 0 Å². The SMILES string of the molecule is CCCCc1ccc(Nc2ncnc(NCc3ccc(OC)cc3)c2N)cc1. The van der Waals surface area contributed by atoms with Crippen molar-refractivity contribution in [1.82, 2.24) is 9.97 Å². The van der Waals surface area contributed by atoms with Gasteiger partial charge in [-0.05, 0) is 48.2 Å². The summed E-state index contributed by atoms with van der Waals surface area (Å²) in [6.45, 7) is 2.81. The summed E-state index contributed by atoms with van der Waals surface area (Å²) in [5.74, 6) is 2.03. The molecule has 1 aromatic heterocycles. The quantitative estimate of drug-likeness (QED) is 0.498. The van der Waals surface area contributed by atoms with E-state index in [1.54, 1.807) is 7.11 Å². The molecule has 0 radical (unpaired) electrons. The van der Waals surface area contributed by atoms with Crippen LogP contribution in [0.15, 0.2) is 54.9 Å². The minimum atomic E-state index is 0.492. The fraction of sp³-hybridized carbons (Fsp3) is 0.273.